The number of benzene rings is 1. The highest BCUT2D eigenvalue weighted by Crippen LogP contribution is 2.18. The molecule has 1 aromatic carbocycles. The van der Waals surface area contributed by atoms with E-state index in [0.29, 0.717) is 18.3 Å². The molecule has 0 aromatic heterocycles. The van der Waals surface area contributed by atoms with Gasteiger partial charge in [-0.3, -0.25) is 4.79 Å². The van der Waals surface area contributed by atoms with Crippen LogP contribution in [0, 0.1) is 0 Å². The molecule has 1 aromatic rings. The van der Waals surface area contributed by atoms with Crippen LogP contribution in [0.2, 0.25) is 0 Å². The summed E-state index contributed by atoms with van der Waals surface area (Å²) >= 11 is 3.34. The van der Waals surface area contributed by atoms with Gasteiger partial charge in [-0.25, -0.2) is 0 Å². The van der Waals surface area contributed by atoms with Crippen LogP contribution in [0.15, 0.2) is 28.7 Å². The molecule has 1 atom stereocenters. The van der Waals surface area contributed by atoms with Crippen molar-refractivity contribution < 1.29 is 14.6 Å². The van der Waals surface area contributed by atoms with Crippen LogP contribution in [0.3, 0.4) is 0 Å². The Morgan fingerprint density at radius 2 is 2.10 bits per heavy atom. The second-order valence-corrected chi connectivity index (χ2v) is 5.81. The van der Waals surface area contributed by atoms with E-state index < -0.39 is 6.10 Å². The fourth-order valence-corrected chi connectivity index (χ4v) is 1.91. The fraction of sp³-hybridized carbons (Fsp3) is 0.500. The first-order valence-electron chi connectivity index (χ1n) is 6.70. The molecule has 1 unspecified atom stereocenters. The first-order chi connectivity index (χ1) is 9.63. The molecular weight excluding hydrogens is 324 g/mol. The van der Waals surface area contributed by atoms with Crippen molar-refractivity contribution in [2.24, 2.45) is 0 Å². The van der Waals surface area contributed by atoms with Gasteiger partial charge in [-0.1, -0.05) is 15.9 Å². The maximum atomic E-state index is 11.4. The minimum atomic E-state index is -0.646. The minimum absolute atomic E-state index is 0.0199. The molecule has 2 rings (SSSR count). The van der Waals surface area contributed by atoms with Gasteiger partial charge in [-0.2, -0.15) is 0 Å². The van der Waals surface area contributed by atoms with Crippen LogP contribution in [-0.4, -0.2) is 42.9 Å². The minimum Gasteiger partial charge on any atom is -0.491 e. The Hall–Kier alpha value is -1.11. The Kier molecular flexibility index (Phi) is 5.82. The predicted molar refractivity (Wildman–Crippen MR) is 79.7 cm³/mol. The van der Waals surface area contributed by atoms with Crippen molar-refractivity contribution in [1.82, 2.24) is 10.6 Å². The number of aliphatic hydroxyl groups excluding tert-OH is 1. The van der Waals surface area contributed by atoms with Gasteiger partial charge in [-0.05, 0) is 37.1 Å². The normalized spacial score (nSPS) is 15.7. The van der Waals surface area contributed by atoms with Crippen molar-refractivity contribution in [2.45, 2.75) is 25.0 Å². The van der Waals surface area contributed by atoms with Gasteiger partial charge in [-0.15, -0.1) is 0 Å². The Bertz CT molecular complexity index is 435. The molecule has 0 heterocycles. The van der Waals surface area contributed by atoms with Crippen LogP contribution in [0.25, 0.3) is 0 Å². The van der Waals surface area contributed by atoms with Crippen LogP contribution >= 0.6 is 15.9 Å². The second kappa shape index (κ2) is 7.61. The third-order valence-electron chi connectivity index (χ3n) is 2.86. The molecule has 110 valence electrons. The number of rotatable bonds is 8. The van der Waals surface area contributed by atoms with Crippen LogP contribution < -0.4 is 15.4 Å². The lowest BCUT2D eigenvalue weighted by molar-refractivity contribution is -0.120. The predicted octanol–water partition coefficient (Wildman–Crippen LogP) is 1.06. The first kappa shape index (κ1) is 15.3. The molecule has 1 amide bonds. The number of hydrogen-bond donors (Lipinski definition) is 3. The zero-order valence-corrected chi connectivity index (χ0v) is 12.7. The number of carbonyl (C=O) groups is 1. The van der Waals surface area contributed by atoms with E-state index >= 15 is 0 Å². The van der Waals surface area contributed by atoms with Gasteiger partial charge in [0, 0.05) is 17.1 Å². The molecule has 20 heavy (non-hydrogen) atoms. The van der Waals surface area contributed by atoms with Crippen LogP contribution in [-0.2, 0) is 4.79 Å². The summed E-state index contributed by atoms with van der Waals surface area (Å²) in [5.41, 5.74) is 0. The monoisotopic (exact) mass is 342 g/mol. The topological polar surface area (TPSA) is 70.6 Å². The van der Waals surface area contributed by atoms with Crippen molar-refractivity contribution >= 4 is 21.8 Å². The molecule has 0 aliphatic heterocycles. The van der Waals surface area contributed by atoms with Crippen molar-refractivity contribution in [3.8, 4) is 5.75 Å². The molecular formula is C14H19BrN2O3. The number of amides is 1. The maximum absolute atomic E-state index is 11.4. The SMILES string of the molecule is O=C(CNCC(O)COc1ccc(Br)cc1)NC1CC1. The van der Waals surface area contributed by atoms with Crippen LogP contribution in [0.4, 0.5) is 0 Å². The number of nitrogens with one attached hydrogen (secondary N) is 2. The van der Waals surface area contributed by atoms with E-state index in [1.807, 2.05) is 24.3 Å². The summed E-state index contributed by atoms with van der Waals surface area (Å²) in [4.78, 5) is 11.4. The number of halogens is 1. The number of hydrogen-bond acceptors (Lipinski definition) is 4. The van der Waals surface area contributed by atoms with Gasteiger partial charge in [0.2, 0.25) is 5.91 Å². The van der Waals surface area contributed by atoms with Gasteiger partial charge in [0.1, 0.15) is 18.5 Å². The van der Waals surface area contributed by atoms with Crippen molar-refractivity contribution in [2.75, 3.05) is 19.7 Å². The molecule has 1 fully saturated rings. The van der Waals surface area contributed by atoms with Crippen molar-refractivity contribution in [3.63, 3.8) is 0 Å². The van der Waals surface area contributed by atoms with E-state index in [0.717, 1.165) is 17.3 Å². The van der Waals surface area contributed by atoms with E-state index in [9.17, 15) is 9.90 Å². The molecule has 0 saturated heterocycles. The summed E-state index contributed by atoms with van der Waals surface area (Å²) in [6.07, 6.45) is 1.51. The Morgan fingerprint density at radius 1 is 1.40 bits per heavy atom. The van der Waals surface area contributed by atoms with Crippen molar-refractivity contribution in [1.29, 1.82) is 0 Å². The second-order valence-electron chi connectivity index (χ2n) is 4.89. The van der Waals surface area contributed by atoms with Gasteiger partial charge < -0.3 is 20.5 Å². The molecule has 0 radical (unpaired) electrons. The highest BCUT2D eigenvalue weighted by atomic mass is 79.9. The molecule has 0 bridgehead atoms. The summed E-state index contributed by atoms with van der Waals surface area (Å²) in [5, 5.41) is 15.5. The van der Waals surface area contributed by atoms with E-state index in [4.69, 9.17) is 4.74 Å². The summed E-state index contributed by atoms with van der Waals surface area (Å²) < 4.78 is 6.42. The molecule has 6 heteroatoms. The maximum Gasteiger partial charge on any atom is 0.234 e. The average molecular weight is 343 g/mol. The van der Waals surface area contributed by atoms with Crippen LogP contribution in [0.1, 0.15) is 12.8 Å². The van der Waals surface area contributed by atoms with Crippen LogP contribution in [0.5, 0.6) is 5.75 Å². The highest BCUT2D eigenvalue weighted by Gasteiger charge is 2.22. The quantitative estimate of drug-likeness (QED) is 0.660. The zero-order chi connectivity index (χ0) is 14.4. The van der Waals surface area contributed by atoms with Gasteiger partial charge >= 0.3 is 0 Å². The van der Waals surface area contributed by atoms with E-state index in [1.165, 1.54) is 0 Å². The van der Waals surface area contributed by atoms with Gasteiger partial charge in [0.25, 0.3) is 0 Å². The first-order valence-corrected chi connectivity index (χ1v) is 7.49. The summed E-state index contributed by atoms with van der Waals surface area (Å²) in [6, 6.07) is 7.78. The average Bonchev–Trinajstić information content (AvgIpc) is 3.22. The molecule has 0 spiro atoms. The zero-order valence-electron chi connectivity index (χ0n) is 11.1. The molecule has 1 aliphatic carbocycles. The highest BCUT2D eigenvalue weighted by molar-refractivity contribution is 9.10. The lowest BCUT2D eigenvalue weighted by atomic mass is 10.3. The third-order valence-corrected chi connectivity index (χ3v) is 3.39. The van der Waals surface area contributed by atoms with Gasteiger partial charge in [0.05, 0.1) is 6.54 Å². The number of carbonyl (C=O) groups excluding carboxylic acids is 1. The molecule has 5 nitrogen and oxygen atoms in total. The van der Waals surface area contributed by atoms with E-state index in [-0.39, 0.29) is 19.1 Å². The fourth-order valence-electron chi connectivity index (χ4n) is 1.64. The summed E-state index contributed by atoms with van der Waals surface area (Å²) in [7, 11) is 0. The van der Waals surface area contributed by atoms with E-state index in [1.54, 1.807) is 0 Å². The summed E-state index contributed by atoms with van der Waals surface area (Å²) in [6.45, 7) is 0.749. The largest absolute Gasteiger partial charge is 0.491 e. The Balaban J connectivity index is 1.56. The number of ether oxygens (including phenoxy) is 1. The lowest BCUT2D eigenvalue weighted by Crippen LogP contribution is -2.39. The number of aliphatic hydroxyl groups is 1. The molecule has 1 saturated carbocycles. The Morgan fingerprint density at radius 3 is 2.75 bits per heavy atom. The van der Waals surface area contributed by atoms with Gasteiger partial charge in [0.15, 0.2) is 0 Å². The van der Waals surface area contributed by atoms with E-state index in [2.05, 4.69) is 26.6 Å². The molecule has 1 aliphatic rings. The van der Waals surface area contributed by atoms with Crippen molar-refractivity contribution in [3.05, 3.63) is 28.7 Å². The molecule has 3 N–H and O–H groups in total. The lowest BCUT2D eigenvalue weighted by Gasteiger charge is -2.13. The third kappa shape index (κ3) is 5.90. The standard InChI is InChI=1S/C14H19BrN2O3/c15-10-1-5-13(6-2-10)20-9-12(18)7-16-8-14(19)17-11-3-4-11/h1-2,5-6,11-12,16,18H,3-4,7-9H2,(H,17,19). The summed E-state index contributed by atoms with van der Waals surface area (Å²) in [5.74, 6) is 0.687. The Labute approximate surface area is 126 Å². The smallest absolute Gasteiger partial charge is 0.234 e.